The Morgan fingerprint density at radius 2 is 1.89 bits per heavy atom. The molecule has 1 N–H and O–H groups in total. The Morgan fingerprint density at radius 3 is 2.63 bits per heavy atom. The van der Waals surface area contributed by atoms with Crippen LogP contribution in [0.4, 0.5) is 0 Å². The normalized spacial score (nSPS) is 16.6. The third kappa shape index (κ3) is 4.22. The highest BCUT2D eigenvalue weighted by Gasteiger charge is 2.13. The molecule has 1 aliphatic rings. The van der Waals surface area contributed by atoms with Crippen molar-refractivity contribution in [3.8, 4) is 5.75 Å². The molecule has 1 aliphatic heterocycles. The Labute approximate surface area is 116 Å². The first-order chi connectivity index (χ1) is 9.16. The molecule has 1 fully saturated rings. The minimum absolute atomic E-state index is 0.814. The van der Waals surface area contributed by atoms with E-state index in [1.54, 1.807) is 4.90 Å². The van der Waals surface area contributed by atoms with Crippen molar-refractivity contribution in [1.29, 1.82) is 0 Å². The largest absolute Gasteiger partial charge is 0.493 e. The number of nitrogens with one attached hydrogen (secondary N) is 1. The number of hydrogen-bond donors (Lipinski definition) is 1. The van der Waals surface area contributed by atoms with Gasteiger partial charge in [0.1, 0.15) is 18.8 Å². The van der Waals surface area contributed by atoms with Crippen LogP contribution in [0.1, 0.15) is 23.1 Å². The molecule has 106 valence electrons. The number of rotatable bonds is 5. The van der Waals surface area contributed by atoms with Crippen LogP contribution in [0, 0.1) is 20.8 Å². The summed E-state index contributed by atoms with van der Waals surface area (Å²) >= 11 is 0. The first-order valence-electron chi connectivity index (χ1n) is 7.29. The van der Waals surface area contributed by atoms with Gasteiger partial charge in [0, 0.05) is 6.42 Å². The molecule has 0 aliphatic carbocycles. The lowest BCUT2D eigenvalue weighted by molar-refractivity contribution is -0.908. The molecule has 3 heteroatoms. The van der Waals surface area contributed by atoms with E-state index < -0.39 is 0 Å². The Hall–Kier alpha value is -1.06. The minimum Gasteiger partial charge on any atom is -0.493 e. The van der Waals surface area contributed by atoms with E-state index in [1.165, 1.54) is 23.2 Å². The fourth-order valence-corrected chi connectivity index (χ4v) is 2.57. The van der Waals surface area contributed by atoms with Crippen molar-refractivity contribution >= 4 is 0 Å². The fraction of sp³-hybridized carbons (Fsp3) is 0.625. The average Bonchev–Trinajstić information content (AvgIpc) is 2.41. The van der Waals surface area contributed by atoms with Crippen molar-refractivity contribution < 1.29 is 14.4 Å². The predicted molar refractivity (Wildman–Crippen MR) is 77.1 cm³/mol. The van der Waals surface area contributed by atoms with Gasteiger partial charge in [0.15, 0.2) is 0 Å². The van der Waals surface area contributed by atoms with Gasteiger partial charge in [-0.25, -0.2) is 0 Å². The lowest BCUT2D eigenvalue weighted by atomic mass is 10.1. The number of morpholine rings is 1. The molecule has 1 saturated heterocycles. The summed E-state index contributed by atoms with van der Waals surface area (Å²) in [5.41, 5.74) is 3.86. The number of benzene rings is 1. The highest BCUT2D eigenvalue weighted by atomic mass is 16.5. The Bertz CT molecular complexity index is 411. The van der Waals surface area contributed by atoms with E-state index in [4.69, 9.17) is 9.47 Å². The quantitative estimate of drug-likeness (QED) is 0.810. The SMILES string of the molecule is Cc1cc(C)c(C)c(OCCC[NH+]2CCOCC2)c1. The van der Waals surface area contributed by atoms with Gasteiger partial charge in [-0.1, -0.05) is 6.07 Å². The van der Waals surface area contributed by atoms with Gasteiger partial charge in [-0.2, -0.15) is 0 Å². The van der Waals surface area contributed by atoms with Crippen LogP contribution in [0.2, 0.25) is 0 Å². The van der Waals surface area contributed by atoms with Gasteiger partial charge >= 0.3 is 0 Å². The zero-order valence-electron chi connectivity index (χ0n) is 12.4. The molecule has 0 aromatic heterocycles. The van der Waals surface area contributed by atoms with Crippen LogP contribution >= 0.6 is 0 Å². The maximum Gasteiger partial charge on any atom is 0.122 e. The zero-order valence-corrected chi connectivity index (χ0v) is 12.4. The number of hydrogen-bond acceptors (Lipinski definition) is 2. The molecule has 0 spiro atoms. The van der Waals surface area contributed by atoms with Crippen LogP contribution in [0.3, 0.4) is 0 Å². The van der Waals surface area contributed by atoms with Crippen LogP contribution in [0.5, 0.6) is 5.75 Å². The molecule has 0 radical (unpaired) electrons. The van der Waals surface area contributed by atoms with Gasteiger partial charge in [-0.3, -0.25) is 0 Å². The second-order valence-corrected chi connectivity index (χ2v) is 5.52. The molecule has 0 amide bonds. The van der Waals surface area contributed by atoms with Crippen molar-refractivity contribution in [2.75, 3.05) is 39.5 Å². The zero-order chi connectivity index (χ0) is 13.7. The van der Waals surface area contributed by atoms with E-state index in [9.17, 15) is 0 Å². The molecule has 0 saturated carbocycles. The van der Waals surface area contributed by atoms with Crippen LogP contribution < -0.4 is 9.64 Å². The second kappa shape index (κ2) is 6.92. The van der Waals surface area contributed by atoms with Crippen LogP contribution in [-0.4, -0.2) is 39.5 Å². The van der Waals surface area contributed by atoms with Gasteiger partial charge in [-0.05, 0) is 43.5 Å². The summed E-state index contributed by atoms with van der Waals surface area (Å²) in [6.07, 6.45) is 1.11. The van der Waals surface area contributed by atoms with E-state index >= 15 is 0 Å². The molecule has 19 heavy (non-hydrogen) atoms. The van der Waals surface area contributed by atoms with Gasteiger partial charge < -0.3 is 14.4 Å². The number of ether oxygens (including phenoxy) is 2. The standard InChI is InChI=1S/C16H25NO2/c1-13-11-14(2)15(3)16(12-13)19-8-4-5-17-6-9-18-10-7-17/h11-12H,4-10H2,1-3H3/p+1. The van der Waals surface area contributed by atoms with Crippen molar-refractivity contribution in [2.45, 2.75) is 27.2 Å². The van der Waals surface area contributed by atoms with Crippen LogP contribution in [0.15, 0.2) is 12.1 Å². The molecule has 1 aromatic rings. The molecule has 2 rings (SSSR count). The highest BCUT2D eigenvalue weighted by Crippen LogP contribution is 2.23. The van der Waals surface area contributed by atoms with Crippen molar-refractivity contribution in [3.05, 3.63) is 28.8 Å². The van der Waals surface area contributed by atoms with E-state index in [0.717, 1.165) is 45.1 Å². The number of aryl methyl sites for hydroxylation is 2. The second-order valence-electron chi connectivity index (χ2n) is 5.52. The monoisotopic (exact) mass is 264 g/mol. The van der Waals surface area contributed by atoms with E-state index in [1.807, 2.05) is 0 Å². The van der Waals surface area contributed by atoms with Crippen LogP contribution in [0.25, 0.3) is 0 Å². The topological polar surface area (TPSA) is 22.9 Å². The molecule has 0 atom stereocenters. The van der Waals surface area contributed by atoms with Crippen molar-refractivity contribution in [1.82, 2.24) is 0 Å². The number of quaternary nitrogens is 1. The van der Waals surface area contributed by atoms with E-state index in [2.05, 4.69) is 32.9 Å². The van der Waals surface area contributed by atoms with Crippen molar-refractivity contribution in [2.24, 2.45) is 0 Å². The summed E-state index contributed by atoms with van der Waals surface area (Å²) in [6.45, 7) is 12.5. The molecule has 3 nitrogen and oxygen atoms in total. The minimum atomic E-state index is 0.814. The third-order valence-corrected chi connectivity index (χ3v) is 3.90. The van der Waals surface area contributed by atoms with E-state index in [-0.39, 0.29) is 0 Å². The first-order valence-corrected chi connectivity index (χ1v) is 7.29. The van der Waals surface area contributed by atoms with Gasteiger partial charge in [0.05, 0.1) is 26.4 Å². The summed E-state index contributed by atoms with van der Waals surface area (Å²) in [5, 5.41) is 0. The molecule has 0 unspecified atom stereocenters. The summed E-state index contributed by atoms with van der Waals surface area (Å²) in [6, 6.07) is 4.35. The maximum absolute atomic E-state index is 5.94. The first kappa shape index (κ1) is 14.4. The van der Waals surface area contributed by atoms with E-state index in [0.29, 0.717) is 0 Å². The van der Waals surface area contributed by atoms with Gasteiger partial charge in [-0.15, -0.1) is 0 Å². The lowest BCUT2D eigenvalue weighted by Gasteiger charge is -2.23. The maximum atomic E-state index is 5.94. The smallest absolute Gasteiger partial charge is 0.122 e. The fourth-order valence-electron chi connectivity index (χ4n) is 2.57. The highest BCUT2D eigenvalue weighted by molar-refractivity contribution is 5.41. The van der Waals surface area contributed by atoms with Gasteiger partial charge in [0.25, 0.3) is 0 Å². The van der Waals surface area contributed by atoms with Crippen LogP contribution in [-0.2, 0) is 4.74 Å². The summed E-state index contributed by atoms with van der Waals surface area (Å²) in [4.78, 5) is 1.65. The Balaban J connectivity index is 1.76. The van der Waals surface area contributed by atoms with Gasteiger partial charge in [0.2, 0.25) is 0 Å². The molecule has 1 aromatic carbocycles. The summed E-state index contributed by atoms with van der Waals surface area (Å²) in [7, 11) is 0. The molecular formula is C16H26NO2+. The molecule has 0 bridgehead atoms. The Kier molecular flexibility index (Phi) is 5.23. The lowest BCUT2D eigenvalue weighted by Crippen LogP contribution is -3.14. The average molecular weight is 264 g/mol. The summed E-state index contributed by atoms with van der Waals surface area (Å²) < 4.78 is 11.3. The predicted octanol–water partition coefficient (Wildman–Crippen LogP) is 1.30. The molecule has 1 heterocycles. The summed E-state index contributed by atoms with van der Waals surface area (Å²) in [5.74, 6) is 1.05. The molecular weight excluding hydrogens is 238 g/mol. The Morgan fingerprint density at radius 1 is 1.16 bits per heavy atom. The third-order valence-electron chi connectivity index (χ3n) is 3.90. The van der Waals surface area contributed by atoms with Crippen molar-refractivity contribution in [3.63, 3.8) is 0 Å².